The van der Waals surface area contributed by atoms with Gasteiger partial charge < -0.3 is 19.0 Å². The van der Waals surface area contributed by atoms with E-state index in [0.717, 1.165) is 34.0 Å². The van der Waals surface area contributed by atoms with Gasteiger partial charge in [-0.25, -0.2) is 4.98 Å². The molecular formula is C19H18N2O4. The van der Waals surface area contributed by atoms with Gasteiger partial charge in [0.05, 0.1) is 17.8 Å². The van der Waals surface area contributed by atoms with Crippen LogP contribution in [0.3, 0.4) is 0 Å². The van der Waals surface area contributed by atoms with E-state index in [1.54, 1.807) is 0 Å². The fraction of sp³-hybridized carbons (Fsp3) is 0.263. The molecule has 0 fully saturated rings. The quantitative estimate of drug-likeness (QED) is 0.791. The number of rotatable bonds is 4. The Morgan fingerprint density at radius 1 is 1.20 bits per heavy atom. The Morgan fingerprint density at radius 2 is 2.00 bits per heavy atom. The lowest BCUT2D eigenvalue weighted by Gasteiger charge is -2.18. The van der Waals surface area contributed by atoms with Crippen LogP contribution in [0.15, 0.2) is 36.4 Å². The van der Waals surface area contributed by atoms with E-state index < -0.39 is 5.97 Å². The average Bonchev–Trinajstić information content (AvgIpc) is 2.99. The number of nitrogens with zero attached hydrogens (tertiary/aromatic N) is 2. The first-order chi connectivity index (χ1) is 12.1. The van der Waals surface area contributed by atoms with Gasteiger partial charge in [-0.1, -0.05) is 6.07 Å². The lowest BCUT2D eigenvalue weighted by Crippen LogP contribution is -2.15. The number of imidazole rings is 1. The lowest BCUT2D eigenvalue weighted by atomic mass is 10.1. The summed E-state index contributed by atoms with van der Waals surface area (Å²) in [6.07, 6.45) is 0.463. The van der Waals surface area contributed by atoms with Gasteiger partial charge in [0.15, 0.2) is 11.5 Å². The van der Waals surface area contributed by atoms with E-state index in [-0.39, 0.29) is 6.42 Å². The van der Waals surface area contributed by atoms with Crippen LogP contribution in [0.4, 0.5) is 0 Å². The van der Waals surface area contributed by atoms with Crippen LogP contribution >= 0.6 is 0 Å². The summed E-state index contributed by atoms with van der Waals surface area (Å²) >= 11 is 0. The second kappa shape index (κ2) is 6.12. The normalized spacial score (nSPS) is 13.2. The Balaban J connectivity index is 1.87. The smallest absolute Gasteiger partial charge is 0.303 e. The first kappa shape index (κ1) is 15.5. The number of carboxylic acids is 1. The van der Waals surface area contributed by atoms with E-state index in [4.69, 9.17) is 19.6 Å². The Bertz CT molecular complexity index is 961. The first-order valence-electron chi connectivity index (χ1n) is 8.22. The van der Waals surface area contributed by atoms with Crippen molar-refractivity contribution < 1.29 is 19.4 Å². The predicted octanol–water partition coefficient (Wildman–Crippen LogP) is 3.10. The van der Waals surface area contributed by atoms with Gasteiger partial charge in [0.25, 0.3) is 0 Å². The summed E-state index contributed by atoms with van der Waals surface area (Å²) in [4.78, 5) is 15.8. The zero-order valence-electron chi connectivity index (χ0n) is 13.9. The van der Waals surface area contributed by atoms with Gasteiger partial charge >= 0.3 is 5.97 Å². The van der Waals surface area contributed by atoms with Gasteiger partial charge in [-0.2, -0.15) is 0 Å². The van der Waals surface area contributed by atoms with E-state index in [1.165, 1.54) is 0 Å². The molecule has 0 aliphatic carbocycles. The molecule has 0 saturated carbocycles. The van der Waals surface area contributed by atoms with Crippen molar-refractivity contribution in [2.45, 2.75) is 19.8 Å². The second-order valence-electron chi connectivity index (χ2n) is 6.02. The highest BCUT2D eigenvalue weighted by Gasteiger charge is 2.19. The number of ether oxygens (including phenoxy) is 2. The van der Waals surface area contributed by atoms with Crippen LogP contribution in [0, 0.1) is 6.92 Å². The third-order valence-electron chi connectivity index (χ3n) is 4.33. The molecule has 0 radical (unpaired) electrons. The van der Waals surface area contributed by atoms with E-state index >= 15 is 0 Å². The molecule has 1 aliphatic heterocycles. The van der Waals surface area contributed by atoms with Crippen molar-refractivity contribution >= 4 is 11.6 Å². The molecule has 1 aromatic carbocycles. The maximum absolute atomic E-state index is 11.1. The molecule has 6 nitrogen and oxygen atoms in total. The summed E-state index contributed by atoms with van der Waals surface area (Å²) in [5.41, 5.74) is 4.41. The molecule has 25 heavy (non-hydrogen) atoms. The minimum Gasteiger partial charge on any atom is -0.486 e. The van der Waals surface area contributed by atoms with Gasteiger partial charge in [0, 0.05) is 17.7 Å². The van der Waals surface area contributed by atoms with Crippen molar-refractivity contribution in [2.24, 2.45) is 0 Å². The van der Waals surface area contributed by atoms with Crippen molar-refractivity contribution in [3.8, 4) is 22.8 Å². The molecule has 0 spiro atoms. The van der Waals surface area contributed by atoms with Crippen molar-refractivity contribution in [2.75, 3.05) is 13.2 Å². The first-order valence-corrected chi connectivity index (χ1v) is 8.22. The molecule has 1 N–H and O–H groups in total. The summed E-state index contributed by atoms with van der Waals surface area (Å²) in [7, 11) is 0. The number of carboxylic acid groups (broad SMARTS) is 1. The summed E-state index contributed by atoms with van der Waals surface area (Å²) in [5, 5.41) is 9.11. The fourth-order valence-electron chi connectivity index (χ4n) is 3.20. The molecular weight excluding hydrogens is 320 g/mol. The number of benzene rings is 1. The summed E-state index contributed by atoms with van der Waals surface area (Å²) < 4.78 is 13.3. The third kappa shape index (κ3) is 2.80. The number of pyridine rings is 1. The Kier molecular flexibility index (Phi) is 3.80. The molecule has 128 valence electrons. The zero-order valence-corrected chi connectivity index (χ0v) is 13.9. The van der Waals surface area contributed by atoms with Crippen LogP contribution in [0.5, 0.6) is 11.5 Å². The van der Waals surface area contributed by atoms with Crippen molar-refractivity contribution in [3.63, 3.8) is 0 Å². The average molecular weight is 338 g/mol. The Morgan fingerprint density at radius 3 is 2.80 bits per heavy atom. The molecule has 1 aliphatic rings. The highest BCUT2D eigenvalue weighted by Crippen LogP contribution is 2.36. The van der Waals surface area contributed by atoms with E-state index in [0.29, 0.717) is 25.4 Å². The van der Waals surface area contributed by atoms with Crippen LogP contribution in [0.1, 0.15) is 17.8 Å². The molecule has 3 heterocycles. The molecule has 3 aromatic rings. The maximum Gasteiger partial charge on any atom is 0.303 e. The third-order valence-corrected chi connectivity index (χ3v) is 4.33. The largest absolute Gasteiger partial charge is 0.486 e. The predicted molar refractivity (Wildman–Crippen MR) is 92.3 cm³/mol. The number of aliphatic carboxylic acids is 1. The number of aryl methyl sites for hydroxylation is 2. The highest BCUT2D eigenvalue weighted by molar-refractivity contribution is 5.72. The maximum atomic E-state index is 11.1. The summed E-state index contributed by atoms with van der Waals surface area (Å²) in [5.74, 6) is 0.598. The van der Waals surface area contributed by atoms with Gasteiger partial charge in [-0.15, -0.1) is 0 Å². The molecule has 0 bridgehead atoms. The van der Waals surface area contributed by atoms with Gasteiger partial charge in [0.1, 0.15) is 18.9 Å². The van der Waals surface area contributed by atoms with Crippen LogP contribution in [0.25, 0.3) is 16.9 Å². The van der Waals surface area contributed by atoms with Crippen molar-refractivity contribution in [3.05, 3.63) is 47.8 Å². The van der Waals surface area contributed by atoms with Crippen LogP contribution in [-0.2, 0) is 11.2 Å². The van der Waals surface area contributed by atoms with Crippen LogP contribution in [-0.4, -0.2) is 33.7 Å². The van der Waals surface area contributed by atoms with E-state index in [9.17, 15) is 4.79 Å². The van der Waals surface area contributed by atoms with E-state index in [2.05, 4.69) is 0 Å². The standard InChI is InChI=1S/C19H18N2O4/c1-12-3-2-4-17-20-19(14(21(12)17)6-8-18(22)23)13-5-7-15-16(11-13)25-10-9-24-15/h2-5,7,11H,6,8-10H2,1H3,(H,22,23). The van der Waals surface area contributed by atoms with Crippen molar-refractivity contribution in [1.82, 2.24) is 9.38 Å². The summed E-state index contributed by atoms with van der Waals surface area (Å²) in [6, 6.07) is 11.6. The molecule has 2 aromatic heterocycles. The molecule has 0 atom stereocenters. The minimum atomic E-state index is -0.823. The number of hydrogen-bond donors (Lipinski definition) is 1. The number of aromatic nitrogens is 2. The van der Waals surface area contributed by atoms with E-state index in [1.807, 2.05) is 47.7 Å². The van der Waals surface area contributed by atoms with Gasteiger partial charge in [-0.3, -0.25) is 4.79 Å². The lowest BCUT2D eigenvalue weighted by molar-refractivity contribution is -0.136. The topological polar surface area (TPSA) is 73.1 Å². The van der Waals surface area contributed by atoms with Crippen LogP contribution in [0.2, 0.25) is 0 Å². The Labute approximate surface area is 144 Å². The Hall–Kier alpha value is -3.02. The minimum absolute atomic E-state index is 0.0552. The monoisotopic (exact) mass is 338 g/mol. The molecule has 0 amide bonds. The van der Waals surface area contributed by atoms with Gasteiger partial charge in [0.2, 0.25) is 0 Å². The van der Waals surface area contributed by atoms with Crippen LogP contribution < -0.4 is 9.47 Å². The van der Waals surface area contributed by atoms with Gasteiger partial charge in [-0.05, 0) is 37.3 Å². The van der Waals surface area contributed by atoms with Crippen molar-refractivity contribution in [1.29, 1.82) is 0 Å². The molecule has 4 rings (SSSR count). The molecule has 0 unspecified atom stereocenters. The summed E-state index contributed by atoms with van der Waals surface area (Å²) in [6.45, 7) is 3.06. The number of fused-ring (bicyclic) bond motifs is 2. The number of carbonyl (C=O) groups is 1. The fourth-order valence-corrected chi connectivity index (χ4v) is 3.20. The zero-order chi connectivity index (χ0) is 17.4. The molecule has 6 heteroatoms. The second-order valence-corrected chi connectivity index (χ2v) is 6.02. The molecule has 0 saturated heterocycles. The highest BCUT2D eigenvalue weighted by atomic mass is 16.6. The number of hydrogen-bond acceptors (Lipinski definition) is 4. The SMILES string of the molecule is Cc1cccc2nc(-c3ccc4c(c3)OCCO4)c(CCC(=O)O)n12.